The van der Waals surface area contributed by atoms with Gasteiger partial charge >= 0.3 is 0 Å². The number of carbonyl (C=O) groups excluding carboxylic acids is 1. The first-order chi connectivity index (χ1) is 4.20. The Morgan fingerprint density at radius 1 is 1.78 bits per heavy atom. The summed E-state index contributed by atoms with van der Waals surface area (Å²) in [6.07, 6.45) is 1.39. The van der Waals surface area contributed by atoms with E-state index in [1.54, 1.807) is 6.07 Å². The number of hydrogen-bond donors (Lipinski definition) is 1. The lowest BCUT2D eigenvalue weighted by atomic mass is 10.2. The van der Waals surface area contributed by atoms with Crippen molar-refractivity contribution in [2.75, 3.05) is 0 Å². The fourth-order valence-electron chi connectivity index (χ4n) is 0.510. The first-order valence-electron chi connectivity index (χ1n) is 2.48. The van der Waals surface area contributed by atoms with Gasteiger partial charge in [-0.25, -0.2) is 0 Å². The van der Waals surface area contributed by atoms with Crippen molar-refractivity contribution in [2.24, 2.45) is 0 Å². The molecular weight excluding hydrogens is 136 g/mol. The van der Waals surface area contributed by atoms with Crippen molar-refractivity contribution in [3.05, 3.63) is 17.9 Å². The molecule has 0 fully saturated rings. The van der Waals surface area contributed by atoms with E-state index in [-0.39, 0.29) is 5.78 Å². The van der Waals surface area contributed by atoms with Crippen molar-refractivity contribution in [1.29, 1.82) is 0 Å². The Hall–Kier alpha value is -0.700. The fourth-order valence-corrected chi connectivity index (χ4v) is 0.701. The summed E-state index contributed by atoms with van der Waals surface area (Å²) in [5, 5.41) is 0.472. The van der Waals surface area contributed by atoms with Crippen LogP contribution in [0.25, 0.3) is 0 Å². The highest BCUT2D eigenvalue weighted by Gasteiger charge is 2.00. The number of carbonyl (C=O) groups is 1. The lowest BCUT2D eigenvalue weighted by Crippen LogP contribution is -1.85. The van der Waals surface area contributed by atoms with Crippen molar-refractivity contribution in [1.82, 2.24) is 0 Å². The molecular formula is C6H6O2S. The van der Waals surface area contributed by atoms with Crippen LogP contribution in [0.15, 0.2) is 21.8 Å². The third-order valence-electron chi connectivity index (χ3n) is 0.992. The smallest absolute Gasteiger partial charge is 0.163 e. The van der Waals surface area contributed by atoms with E-state index in [0.717, 1.165) is 0 Å². The molecule has 0 amide bonds. The molecule has 1 aromatic heterocycles. The zero-order chi connectivity index (χ0) is 6.85. The number of Topliss-reactive ketones (excluding diaryl/α,β-unsaturated/α-hetero) is 1. The van der Waals surface area contributed by atoms with Crippen molar-refractivity contribution in [3.63, 3.8) is 0 Å². The molecule has 0 spiro atoms. The van der Waals surface area contributed by atoms with E-state index < -0.39 is 0 Å². The summed E-state index contributed by atoms with van der Waals surface area (Å²) in [4.78, 5) is 10.6. The van der Waals surface area contributed by atoms with Crippen LogP contribution >= 0.6 is 12.6 Å². The van der Waals surface area contributed by atoms with Gasteiger partial charge in [-0.1, -0.05) is 0 Å². The van der Waals surface area contributed by atoms with Gasteiger partial charge in [0.25, 0.3) is 0 Å². The van der Waals surface area contributed by atoms with Gasteiger partial charge in [0.05, 0.1) is 5.56 Å². The van der Waals surface area contributed by atoms with Crippen LogP contribution in [0.3, 0.4) is 0 Å². The number of hydrogen-bond acceptors (Lipinski definition) is 3. The Kier molecular flexibility index (Phi) is 1.62. The second-order valence-electron chi connectivity index (χ2n) is 1.73. The molecule has 9 heavy (non-hydrogen) atoms. The van der Waals surface area contributed by atoms with Crippen LogP contribution in [0.1, 0.15) is 17.3 Å². The first kappa shape index (κ1) is 6.42. The average molecular weight is 142 g/mol. The Labute approximate surface area is 58.3 Å². The Morgan fingerprint density at radius 3 is 2.67 bits per heavy atom. The lowest BCUT2D eigenvalue weighted by molar-refractivity contribution is 0.101. The second-order valence-corrected chi connectivity index (χ2v) is 2.17. The molecule has 0 aliphatic rings. The van der Waals surface area contributed by atoms with Crippen LogP contribution in [0.4, 0.5) is 0 Å². The van der Waals surface area contributed by atoms with Gasteiger partial charge in [-0.2, -0.15) is 0 Å². The van der Waals surface area contributed by atoms with Crippen LogP contribution in [0, 0.1) is 0 Å². The van der Waals surface area contributed by atoms with E-state index in [4.69, 9.17) is 4.42 Å². The van der Waals surface area contributed by atoms with Gasteiger partial charge in [0.15, 0.2) is 10.9 Å². The summed E-state index contributed by atoms with van der Waals surface area (Å²) in [7, 11) is 0. The molecule has 1 rings (SSSR count). The van der Waals surface area contributed by atoms with Gasteiger partial charge < -0.3 is 4.42 Å². The summed E-state index contributed by atoms with van der Waals surface area (Å²) in [5.74, 6) is -0.000880. The van der Waals surface area contributed by atoms with Crippen LogP contribution < -0.4 is 0 Å². The standard InChI is InChI=1S/C6H6O2S/c1-4(7)5-2-6(9)8-3-5/h2-3,9H,1H3. The minimum absolute atomic E-state index is 0.000880. The van der Waals surface area contributed by atoms with Gasteiger partial charge in [-0.05, 0) is 6.92 Å². The maximum Gasteiger partial charge on any atom is 0.163 e. The molecule has 3 heteroatoms. The molecule has 0 unspecified atom stereocenters. The maximum absolute atomic E-state index is 10.6. The van der Waals surface area contributed by atoms with E-state index in [0.29, 0.717) is 10.7 Å². The van der Waals surface area contributed by atoms with Gasteiger partial charge in [0, 0.05) is 6.07 Å². The normalized spacial score (nSPS) is 9.56. The molecule has 2 nitrogen and oxygen atoms in total. The number of furan rings is 1. The monoisotopic (exact) mass is 142 g/mol. The van der Waals surface area contributed by atoms with E-state index in [9.17, 15) is 4.79 Å². The summed E-state index contributed by atoms with van der Waals surface area (Å²) < 4.78 is 4.77. The van der Waals surface area contributed by atoms with E-state index in [2.05, 4.69) is 12.6 Å². The molecule has 0 saturated carbocycles. The summed E-state index contributed by atoms with van der Waals surface area (Å²) >= 11 is 3.88. The van der Waals surface area contributed by atoms with Gasteiger partial charge in [0.2, 0.25) is 0 Å². The van der Waals surface area contributed by atoms with Crippen molar-refractivity contribution < 1.29 is 9.21 Å². The SMILES string of the molecule is CC(=O)c1coc(S)c1. The van der Waals surface area contributed by atoms with Crippen LogP contribution in [-0.4, -0.2) is 5.78 Å². The van der Waals surface area contributed by atoms with Crippen LogP contribution in [-0.2, 0) is 0 Å². The zero-order valence-corrected chi connectivity index (χ0v) is 5.81. The molecule has 48 valence electrons. The second kappa shape index (κ2) is 2.27. The quantitative estimate of drug-likeness (QED) is 0.478. The Bertz CT molecular complexity index is 227. The third kappa shape index (κ3) is 1.36. The minimum atomic E-state index is -0.000880. The van der Waals surface area contributed by atoms with Gasteiger partial charge in [-0.3, -0.25) is 4.79 Å². The van der Waals surface area contributed by atoms with Crippen LogP contribution in [0.5, 0.6) is 0 Å². The van der Waals surface area contributed by atoms with E-state index in [1.807, 2.05) is 0 Å². The highest BCUT2D eigenvalue weighted by molar-refractivity contribution is 7.80. The van der Waals surface area contributed by atoms with Gasteiger partial charge in [0.1, 0.15) is 6.26 Å². The average Bonchev–Trinajstić information content (AvgIpc) is 2.14. The molecule has 0 bridgehead atoms. The van der Waals surface area contributed by atoms with Gasteiger partial charge in [-0.15, -0.1) is 12.6 Å². The highest BCUT2D eigenvalue weighted by Crippen LogP contribution is 2.10. The molecule has 1 aromatic rings. The largest absolute Gasteiger partial charge is 0.458 e. The molecule has 0 aliphatic carbocycles. The predicted octanol–water partition coefficient (Wildman–Crippen LogP) is 1.77. The molecule has 0 aliphatic heterocycles. The molecule has 0 N–H and O–H groups in total. The lowest BCUT2D eigenvalue weighted by Gasteiger charge is -1.78. The number of rotatable bonds is 1. The maximum atomic E-state index is 10.6. The fraction of sp³-hybridized carbons (Fsp3) is 0.167. The molecule has 0 saturated heterocycles. The van der Waals surface area contributed by atoms with Crippen molar-refractivity contribution >= 4 is 18.4 Å². The molecule has 0 radical (unpaired) electrons. The summed E-state index contributed by atoms with van der Waals surface area (Å²) in [5.41, 5.74) is 0.569. The van der Waals surface area contributed by atoms with Crippen LogP contribution in [0.2, 0.25) is 0 Å². The summed E-state index contributed by atoms with van der Waals surface area (Å²) in [6.45, 7) is 1.48. The predicted molar refractivity (Wildman–Crippen MR) is 36.0 cm³/mol. The van der Waals surface area contributed by atoms with E-state index in [1.165, 1.54) is 13.2 Å². The Balaban J connectivity index is 2.98. The minimum Gasteiger partial charge on any atom is -0.458 e. The first-order valence-corrected chi connectivity index (χ1v) is 2.93. The van der Waals surface area contributed by atoms with Crippen molar-refractivity contribution in [3.8, 4) is 0 Å². The topological polar surface area (TPSA) is 30.2 Å². The zero-order valence-electron chi connectivity index (χ0n) is 4.92. The molecule has 0 atom stereocenters. The van der Waals surface area contributed by atoms with E-state index >= 15 is 0 Å². The van der Waals surface area contributed by atoms with Crippen molar-refractivity contribution in [2.45, 2.75) is 12.0 Å². The molecule has 1 heterocycles. The number of thiol groups is 1. The summed E-state index contributed by atoms with van der Waals surface area (Å²) in [6, 6.07) is 1.59. The highest BCUT2D eigenvalue weighted by atomic mass is 32.1. The number of ketones is 1. The Morgan fingerprint density at radius 2 is 2.44 bits per heavy atom. The molecule has 0 aromatic carbocycles. The third-order valence-corrected chi connectivity index (χ3v) is 1.23.